The van der Waals surface area contributed by atoms with Crippen molar-refractivity contribution in [1.29, 1.82) is 0 Å². The number of hydrogen-bond donors (Lipinski definition) is 2. The Labute approximate surface area is 168 Å². The van der Waals surface area contributed by atoms with Crippen LogP contribution in [0.5, 0.6) is 0 Å². The van der Waals surface area contributed by atoms with Crippen LogP contribution in [0, 0.1) is 5.92 Å². The van der Waals surface area contributed by atoms with Crippen molar-refractivity contribution in [3.63, 3.8) is 0 Å². The minimum atomic E-state index is -0.513. The molecule has 2 amide bonds. The third-order valence-electron chi connectivity index (χ3n) is 5.01. The van der Waals surface area contributed by atoms with Gasteiger partial charge in [0.25, 0.3) is 11.8 Å². The number of nitrogens with one attached hydrogen (secondary N) is 2. The van der Waals surface area contributed by atoms with Crippen LogP contribution in [0.2, 0.25) is 0 Å². The Balaban J connectivity index is 1.60. The maximum atomic E-state index is 12.6. The van der Waals surface area contributed by atoms with Crippen molar-refractivity contribution in [2.45, 2.75) is 32.6 Å². The summed E-state index contributed by atoms with van der Waals surface area (Å²) in [5.74, 6) is -0.299. The van der Waals surface area contributed by atoms with Crippen LogP contribution in [0.25, 0.3) is 0 Å². The Bertz CT molecular complexity index is 873. The second kappa shape index (κ2) is 9.01. The largest absolute Gasteiger partial charge is 0.468 e. The lowest BCUT2D eigenvalue weighted by molar-refractivity contribution is -0.139. The van der Waals surface area contributed by atoms with Crippen LogP contribution in [-0.2, 0) is 22.4 Å². The van der Waals surface area contributed by atoms with Gasteiger partial charge in [0, 0.05) is 16.1 Å². The Kier molecular flexibility index (Phi) is 6.46. The zero-order valence-electron chi connectivity index (χ0n) is 16.0. The molecular weight excluding hydrogens is 376 g/mol. The monoisotopic (exact) mass is 400 g/mol. The molecule has 2 N–H and O–H groups in total. The van der Waals surface area contributed by atoms with Gasteiger partial charge in [-0.25, -0.2) is 0 Å². The molecule has 0 spiro atoms. The Morgan fingerprint density at radius 2 is 1.93 bits per heavy atom. The van der Waals surface area contributed by atoms with Gasteiger partial charge in [0.1, 0.15) is 6.54 Å². The number of ether oxygens (including phenoxy) is 1. The molecule has 0 unspecified atom stereocenters. The second-order valence-corrected chi connectivity index (χ2v) is 8.00. The number of benzene rings is 1. The molecule has 2 aromatic rings. The summed E-state index contributed by atoms with van der Waals surface area (Å²) in [6.45, 7) is 2.03. The third kappa shape index (κ3) is 4.78. The van der Waals surface area contributed by atoms with Gasteiger partial charge in [-0.15, -0.1) is 11.3 Å². The van der Waals surface area contributed by atoms with Crippen molar-refractivity contribution >= 4 is 34.8 Å². The number of hydrogen-bond acceptors (Lipinski definition) is 5. The summed E-state index contributed by atoms with van der Waals surface area (Å²) in [4.78, 5) is 37.7. The molecule has 0 aliphatic heterocycles. The smallest absolute Gasteiger partial charge is 0.325 e. The van der Waals surface area contributed by atoms with Crippen LogP contribution in [0.4, 0.5) is 5.69 Å². The number of amides is 2. The number of rotatable bonds is 6. The van der Waals surface area contributed by atoms with Crippen molar-refractivity contribution in [2.24, 2.45) is 5.92 Å². The molecule has 0 saturated carbocycles. The molecule has 7 heteroatoms. The summed E-state index contributed by atoms with van der Waals surface area (Å²) < 4.78 is 4.48. The van der Waals surface area contributed by atoms with Crippen LogP contribution >= 0.6 is 11.3 Å². The van der Waals surface area contributed by atoms with Gasteiger partial charge >= 0.3 is 5.97 Å². The topological polar surface area (TPSA) is 84.5 Å². The molecule has 148 valence electrons. The van der Waals surface area contributed by atoms with E-state index in [2.05, 4.69) is 22.3 Å². The van der Waals surface area contributed by atoms with Crippen LogP contribution < -0.4 is 10.6 Å². The summed E-state index contributed by atoms with van der Waals surface area (Å²) in [5.41, 5.74) is 2.33. The van der Waals surface area contributed by atoms with Crippen molar-refractivity contribution in [3.05, 3.63) is 51.2 Å². The number of carbonyl (C=O) groups is 3. The Morgan fingerprint density at radius 3 is 2.61 bits per heavy atom. The van der Waals surface area contributed by atoms with E-state index in [0.717, 1.165) is 23.6 Å². The van der Waals surface area contributed by atoms with Crippen molar-refractivity contribution in [3.8, 4) is 0 Å². The molecule has 1 aliphatic rings. The normalized spacial score (nSPS) is 15.4. The highest BCUT2D eigenvalue weighted by Crippen LogP contribution is 2.33. The van der Waals surface area contributed by atoms with Crippen LogP contribution in [-0.4, -0.2) is 31.4 Å². The van der Waals surface area contributed by atoms with Gasteiger partial charge in [0.15, 0.2) is 0 Å². The van der Waals surface area contributed by atoms with Gasteiger partial charge < -0.3 is 15.4 Å². The Hall–Kier alpha value is -2.67. The standard InChI is InChI=1S/C21H24N2O4S/c1-3-13-4-9-17-15(10-13)11-18(28-17)21(26)23-16-7-5-14(6-8-16)20(25)22-12-19(24)27-2/h5-8,11,13H,3-4,9-10,12H2,1-2H3,(H,22,25)(H,23,26)/t13-/m1/s1. The van der Waals surface area contributed by atoms with E-state index in [1.807, 2.05) is 6.07 Å². The van der Waals surface area contributed by atoms with Crippen LogP contribution in [0.3, 0.4) is 0 Å². The van der Waals surface area contributed by atoms with Gasteiger partial charge in [-0.1, -0.05) is 13.3 Å². The van der Waals surface area contributed by atoms with E-state index in [1.165, 1.54) is 30.4 Å². The molecule has 0 radical (unpaired) electrons. The molecule has 6 nitrogen and oxygen atoms in total. The number of esters is 1. The molecule has 1 aromatic heterocycles. The first-order chi connectivity index (χ1) is 13.5. The average Bonchev–Trinajstić information content (AvgIpc) is 3.15. The maximum absolute atomic E-state index is 12.6. The maximum Gasteiger partial charge on any atom is 0.325 e. The fraction of sp³-hybridized carbons (Fsp3) is 0.381. The van der Waals surface area contributed by atoms with E-state index in [0.29, 0.717) is 11.3 Å². The molecule has 1 heterocycles. The minimum Gasteiger partial charge on any atom is -0.468 e. The summed E-state index contributed by atoms with van der Waals surface area (Å²) >= 11 is 1.57. The van der Waals surface area contributed by atoms with E-state index in [-0.39, 0.29) is 18.4 Å². The van der Waals surface area contributed by atoms with Gasteiger partial charge in [-0.05, 0) is 61.1 Å². The lowest BCUT2D eigenvalue weighted by Gasteiger charge is -2.19. The highest BCUT2D eigenvalue weighted by molar-refractivity contribution is 7.14. The highest BCUT2D eigenvalue weighted by Gasteiger charge is 2.22. The SMILES string of the molecule is CC[C@@H]1CCc2sc(C(=O)Nc3ccc(C(=O)NCC(=O)OC)cc3)cc2C1. The van der Waals surface area contributed by atoms with Crippen molar-refractivity contribution < 1.29 is 19.1 Å². The van der Waals surface area contributed by atoms with Gasteiger partial charge in [-0.2, -0.15) is 0 Å². The number of carbonyl (C=O) groups excluding carboxylic acids is 3. The van der Waals surface area contributed by atoms with Crippen LogP contribution in [0.15, 0.2) is 30.3 Å². The number of fused-ring (bicyclic) bond motifs is 1. The van der Waals surface area contributed by atoms with E-state index in [4.69, 9.17) is 0 Å². The predicted octanol–water partition coefficient (Wildman–Crippen LogP) is 3.42. The molecule has 1 atom stereocenters. The van der Waals surface area contributed by atoms with Gasteiger partial charge in [-0.3, -0.25) is 14.4 Å². The zero-order valence-corrected chi connectivity index (χ0v) is 16.9. The number of methoxy groups -OCH3 is 1. The lowest BCUT2D eigenvalue weighted by atomic mass is 9.87. The predicted molar refractivity (Wildman–Crippen MR) is 109 cm³/mol. The van der Waals surface area contributed by atoms with Crippen LogP contribution in [0.1, 0.15) is 50.2 Å². The summed E-state index contributed by atoms with van der Waals surface area (Å²) in [5, 5.41) is 5.36. The number of anilines is 1. The Morgan fingerprint density at radius 1 is 1.18 bits per heavy atom. The molecule has 1 aliphatic carbocycles. The molecule has 3 rings (SSSR count). The first-order valence-electron chi connectivity index (χ1n) is 9.38. The van der Waals surface area contributed by atoms with E-state index < -0.39 is 5.97 Å². The third-order valence-corrected chi connectivity index (χ3v) is 6.25. The molecular formula is C21H24N2O4S. The van der Waals surface area contributed by atoms with Crippen molar-refractivity contribution in [1.82, 2.24) is 5.32 Å². The number of aryl methyl sites for hydroxylation is 1. The fourth-order valence-electron chi connectivity index (χ4n) is 3.28. The van der Waals surface area contributed by atoms with Gasteiger partial charge in [0.05, 0.1) is 12.0 Å². The van der Waals surface area contributed by atoms with E-state index in [9.17, 15) is 14.4 Å². The molecule has 0 bridgehead atoms. The van der Waals surface area contributed by atoms with E-state index in [1.54, 1.807) is 35.6 Å². The summed E-state index contributed by atoms with van der Waals surface area (Å²) in [7, 11) is 1.26. The molecule has 1 aromatic carbocycles. The molecule has 28 heavy (non-hydrogen) atoms. The van der Waals surface area contributed by atoms with Gasteiger partial charge in [0.2, 0.25) is 0 Å². The fourth-order valence-corrected chi connectivity index (χ4v) is 4.39. The average molecular weight is 401 g/mol. The molecule has 0 fully saturated rings. The second-order valence-electron chi connectivity index (χ2n) is 6.87. The minimum absolute atomic E-state index is 0.129. The first kappa shape index (κ1) is 20.1. The highest BCUT2D eigenvalue weighted by atomic mass is 32.1. The zero-order chi connectivity index (χ0) is 20.1. The number of thiophene rings is 1. The quantitative estimate of drug-likeness (QED) is 0.728. The lowest BCUT2D eigenvalue weighted by Crippen LogP contribution is -2.30. The first-order valence-corrected chi connectivity index (χ1v) is 10.2. The summed E-state index contributed by atoms with van der Waals surface area (Å²) in [6, 6.07) is 8.57. The molecule has 0 saturated heterocycles. The summed E-state index contributed by atoms with van der Waals surface area (Å²) in [6.07, 6.45) is 4.49. The van der Waals surface area contributed by atoms with Crippen molar-refractivity contribution in [2.75, 3.05) is 19.0 Å². The van der Waals surface area contributed by atoms with E-state index >= 15 is 0 Å².